The van der Waals surface area contributed by atoms with Gasteiger partial charge < -0.3 is 14.7 Å². The van der Waals surface area contributed by atoms with Crippen LogP contribution in [-0.2, 0) is 4.79 Å². The van der Waals surface area contributed by atoms with Gasteiger partial charge in [-0.1, -0.05) is 30.7 Å². The van der Waals surface area contributed by atoms with E-state index in [1.807, 2.05) is 6.92 Å². The average molecular weight is 284 g/mol. The number of β-amino-alcohol motifs (C(OH)–C–C–N with tert-alkyl or cyclic N) is 1. The predicted molar refractivity (Wildman–Crippen MR) is 73.4 cm³/mol. The van der Waals surface area contributed by atoms with Crippen LogP contribution in [0.15, 0.2) is 24.3 Å². The van der Waals surface area contributed by atoms with E-state index < -0.39 is 11.7 Å². The fraction of sp³-hybridized carbons (Fsp3) is 0.500. The summed E-state index contributed by atoms with van der Waals surface area (Å²) in [5, 5.41) is 10.4. The van der Waals surface area contributed by atoms with Crippen LogP contribution in [0.5, 0.6) is 5.75 Å². The molecule has 1 fully saturated rings. The van der Waals surface area contributed by atoms with Crippen LogP contribution in [-0.4, -0.2) is 40.7 Å². The zero-order chi connectivity index (χ0) is 14.0. The Labute approximate surface area is 117 Å². The molecule has 104 valence electrons. The van der Waals surface area contributed by atoms with E-state index in [0.717, 1.165) is 0 Å². The number of para-hydroxylation sites is 1. The molecule has 1 atom stereocenters. The SMILES string of the molecule is CCC1(O)CN(C(=O)C(C)Oc2ccccc2Cl)C1. The Hall–Kier alpha value is -1.26. The van der Waals surface area contributed by atoms with E-state index in [2.05, 4.69) is 0 Å². The third-order valence-electron chi connectivity index (χ3n) is 3.43. The first kappa shape index (κ1) is 14.2. The van der Waals surface area contributed by atoms with Gasteiger partial charge in [0.2, 0.25) is 0 Å². The Morgan fingerprint density at radius 3 is 2.74 bits per heavy atom. The van der Waals surface area contributed by atoms with Gasteiger partial charge in [0.15, 0.2) is 6.10 Å². The lowest BCUT2D eigenvalue weighted by atomic mass is 9.91. The van der Waals surface area contributed by atoms with Crippen molar-refractivity contribution in [2.45, 2.75) is 32.0 Å². The minimum Gasteiger partial charge on any atom is -0.479 e. The Morgan fingerprint density at radius 2 is 2.16 bits per heavy atom. The minimum atomic E-state index is -0.722. The van der Waals surface area contributed by atoms with Crippen molar-refractivity contribution in [2.24, 2.45) is 0 Å². The molecule has 1 saturated heterocycles. The summed E-state index contributed by atoms with van der Waals surface area (Å²) in [7, 11) is 0. The maximum absolute atomic E-state index is 12.1. The van der Waals surface area contributed by atoms with Crippen LogP contribution in [0.1, 0.15) is 20.3 Å². The summed E-state index contributed by atoms with van der Waals surface area (Å²) >= 11 is 5.98. The first-order chi connectivity index (χ1) is 8.95. The Balaban J connectivity index is 1.93. The summed E-state index contributed by atoms with van der Waals surface area (Å²) in [4.78, 5) is 13.7. The van der Waals surface area contributed by atoms with Gasteiger partial charge in [-0.25, -0.2) is 0 Å². The molecular weight excluding hydrogens is 266 g/mol. The summed E-state index contributed by atoms with van der Waals surface area (Å²) < 4.78 is 5.56. The van der Waals surface area contributed by atoms with Crippen LogP contribution >= 0.6 is 11.6 Å². The first-order valence-corrected chi connectivity index (χ1v) is 6.75. The molecule has 1 amide bonds. The highest BCUT2D eigenvalue weighted by Gasteiger charge is 2.43. The summed E-state index contributed by atoms with van der Waals surface area (Å²) in [6, 6.07) is 7.05. The number of hydrogen-bond acceptors (Lipinski definition) is 3. The summed E-state index contributed by atoms with van der Waals surface area (Å²) in [6.07, 6.45) is 0.0394. The topological polar surface area (TPSA) is 49.8 Å². The Kier molecular flexibility index (Phi) is 4.02. The van der Waals surface area contributed by atoms with Crippen molar-refractivity contribution in [3.63, 3.8) is 0 Å². The van der Waals surface area contributed by atoms with Crippen molar-refractivity contribution < 1.29 is 14.6 Å². The molecule has 1 aliphatic heterocycles. The monoisotopic (exact) mass is 283 g/mol. The maximum atomic E-state index is 12.1. The number of carbonyl (C=O) groups is 1. The molecule has 1 unspecified atom stereocenters. The van der Waals surface area contributed by atoms with Gasteiger partial charge in [0, 0.05) is 0 Å². The molecule has 0 bridgehead atoms. The molecule has 1 N–H and O–H groups in total. The number of carbonyl (C=O) groups excluding carboxylic acids is 1. The Morgan fingerprint density at radius 1 is 1.53 bits per heavy atom. The van der Waals surface area contributed by atoms with Crippen molar-refractivity contribution >= 4 is 17.5 Å². The van der Waals surface area contributed by atoms with Crippen LogP contribution in [0.2, 0.25) is 5.02 Å². The molecule has 4 nitrogen and oxygen atoms in total. The van der Waals surface area contributed by atoms with Gasteiger partial charge in [0.25, 0.3) is 5.91 Å². The Bertz CT molecular complexity index is 472. The maximum Gasteiger partial charge on any atom is 0.263 e. The molecule has 0 aliphatic carbocycles. The molecule has 0 saturated carbocycles. The van der Waals surface area contributed by atoms with E-state index >= 15 is 0 Å². The molecule has 19 heavy (non-hydrogen) atoms. The quantitative estimate of drug-likeness (QED) is 0.920. The number of ether oxygens (including phenoxy) is 1. The molecule has 1 aromatic rings. The van der Waals surface area contributed by atoms with Gasteiger partial charge in [-0.2, -0.15) is 0 Å². The number of rotatable bonds is 4. The van der Waals surface area contributed by atoms with Crippen molar-refractivity contribution in [2.75, 3.05) is 13.1 Å². The van der Waals surface area contributed by atoms with Gasteiger partial charge in [-0.15, -0.1) is 0 Å². The number of aliphatic hydroxyl groups is 1. The number of likely N-dealkylation sites (tertiary alicyclic amines) is 1. The molecule has 1 aliphatic rings. The lowest BCUT2D eigenvalue weighted by Crippen LogP contribution is -2.65. The molecule has 1 heterocycles. The lowest BCUT2D eigenvalue weighted by Gasteiger charge is -2.46. The highest BCUT2D eigenvalue weighted by molar-refractivity contribution is 6.32. The van der Waals surface area contributed by atoms with Gasteiger partial charge in [-0.3, -0.25) is 4.79 Å². The van der Waals surface area contributed by atoms with Crippen molar-refractivity contribution in [1.82, 2.24) is 4.90 Å². The van der Waals surface area contributed by atoms with E-state index in [1.54, 1.807) is 36.1 Å². The molecule has 2 rings (SSSR count). The average Bonchev–Trinajstić information content (AvgIpc) is 2.36. The van der Waals surface area contributed by atoms with Gasteiger partial charge >= 0.3 is 0 Å². The molecule has 0 spiro atoms. The standard InChI is InChI=1S/C14H18ClNO3/c1-3-14(18)8-16(9-14)13(17)10(2)19-12-7-5-4-6-11(12)15/h4-7,10,18H,3,8-9H2,1-2H3. The van der Waals surface area contributed by atoms with Crippen LogP contribution in [0.3, 0.4) is 0 Å². The van der Waals surface area contributed by atoms with E-state index in [9.17, 15) is 9.90 Å². The summed E-state index contributed by atoms with van der Waals surface area (Å²) in [5.74, 6) is 0.370. The third kappa shape index (κ3) is 3.01. The van der Waals surface area contributed by atoms with Crippen LogP contribution in [0.25, 0.3) is 0 Å². The van der Waals surface area contributed by atoms with Crippen molar-refractivity contribution in [3.8, 4) is 5.75 Å². The lowest BCUT2D eigenvalue weighted by molar-refractivity contribution is -0.162. The number of amides is 1. The van der Waals surface area contributed by atoms with E-state index in [-0.39, 0.29) is 5.91 Å². The highest BCUT2D eigenvalue weighted by Crippen LogP contribution is 2.27. The van der Waals surface area contributed by atoms with E-state index in [0.29, 0.717) is 30.3 Å². The van der Waals surface area contributed by atoms with E-state index in [4.69, 9.17) is 16.3 Å². The predicted octanol–water partition coefficient (Wildman–Crippen LogP) is 2.09. The van der Waals surface area contributed by atoms with Gasteiger partial charge in [0.1, 0.15) is 5.75 Å². The smallest absolute Gasteiger partial charge is 0.263 e. The summed E-state index contributed by atoms with van der Waals surface area (Å²) in [6.45, 7) is 4.34. The van der Waals surface area contributed by atoms with Crippen LogP contribution < -0.4 is 4.74 Å². The molecule has 0 aromatic heterocycles. The zero-order valence-electron chi connectivity index (χ0n) is 11.1. The van der Waals surface area contributed by atoms with Crippen LogP contribution in [0, 0.1) is 0 Å². The third-order valence-corrected chi connectivity index (χ3v) is 3.74. The number of benzene rings is 1. The molecule has 0 radical (unpaired) electrons. The van der Waals surface area contributed by atoms with Crippen molar-refractivity contribution in [1.29, 1.82) is 0 Å². The summed E-state index contributed by atoms with van der Waals surface area (Å²) in [5.41, 5.74) is -0.722. The molecular formula is C14H18ClNO3. The minimum absolute atomic E-state index is 0.127. The second-order valence-corrected chi connectivity index (χ2v) is 5.37. The number of halogens is 1. The van der Waals surface area contributed by atoms with Gasteiger partial charge in [-0.05, 0) is 25.5 Å². The second-order valence-electron chi connectivity index (χ2n) is 4.96. The zero-order valence-corrected chi connectivity index (χ0v) is 11.9. The van der Waals surface area contributed by atoms with Crippen LogP contribution in [0.4, 0.5) is 0 Å². The van der Waals surface area contributed by atoms with Crippen molar-refractivity contribution in [3.05, 3.63) is 29.3 Å². The fourth-order valence-electron chi connectivity index (χ4n) is 2.08. The normalized spacial score (nSPS) is 18.6. The second kappa shape index (κ2) is 5.39. The molecule has 1 aromatic carbocycles. The fourth-order valence-corrected chi connectivity index (χ4v) is 2.26. The van der Waals surface area contributed by atoms with E-state index in [1.165, 1.54) is 0 Å². The first-order valence-electron chi connectivity index (χ1n) is 6.37. The molecule has 5 heteroatoms. The van der Waals surface area contributed by atoms with Gasteiger partial charge in [0.05, 0.1) is 23.7 Å². The largest absolute Gasteiger partial charge is 0.479 e. The highest BCUT2D eigenvalue weighted by atomic mass is 35.5. The number of hydrogen-bond donors (Lipinski definition) is 1. The number of nitrogens with zero attached hydrogens (tertiary/aromatic N) is 1.